The van der Waals surface area contributed by atoms with Crippen molar-refractivity contribution in [3.63, 3.8) is 0 Å². The molecule has 0 saturated heterocycles. The molecule has 0 aliphatic rings. The minimum Gasteiger partial charge on any atom is -0.479 e. The molecule has 0 bridgehead atoms. The summed E-state index contributed by atoms with van der Waals surface area (Å²) < 4.78 is 5.72. The van der Waals surface area contributed by atoms with Crippen molar-refractivity contribution in [3.8, 4) is 5.75 Å². The van der Waals surface area contributed by atoms with Gasteiger partial charge < -0.3 is 4.74 Å². The molecule has 20 heavy (non-hydrogen) atoms. The second-order valence-electron chi connectivity index (χ2n) is 4.60. The maximum atomic E-state index is 11.7. The van der Waals surface area contributed by atoms with Gasteiger partial charge in [-0.2, -0.15) is 0 Å². The van der Waals surface area contributed by atoms with E-state index < -0.39 is 6.10 Å². The number of fused-ring (bicyclic) bond motifs is 1. The Morgan fingerprint density at radius 3 is 2.70 bits per heavy atom. The van der Waals surface area contributed by atoms with Crippen LogP contribution in [0.2, 0.25) is 10.0 Å². The Morgan fingerprint density at radius 2 is 2.05 bits per heavy atom. The number of nitrogens with zero attached hydrogens (tertiary/aromatic N) is 1. The summed E-state index contributed by atoms with van der Waals surface area (Å²) in [7, 11) is 0. The highest BCUT2D eigenvalue weighted by Crippen LogP contribution is 2.37. The van der Waals surface area contributed by atoms with Crippen LogP contribution in [0.4, 0.5) is 0 Å². The van der Waals surface area contributed by atoms with E-state index in [1.54, 1.807) is 19.9 Å². The normalized spacial score (nSPS) is 12.4. The number of halogens is 2. The molecule has 0 N–H and O–H groups in total. The van der Waals surface area contributed by atoms with E-state index >= 15 is 0 Å². The lowest BCUT2D eigenvalue weighted by Gasteiger charge is -2.16. The van der Waals surface area contributed by atoms with E-state index in [1.807, 2.05) is 19.1 Å². The third-order valence-corrected chi connectivity index (χ3v) is 3.67. The predicted octanol–water partition coefficient (Wildman–Crippen LogP) is 4.60. The fourth-order valence-corrected chi connectivity index (χ4v) is 2.49. The van der Waals surface area contributed by atoms with E-state index in [1.165, 1.54) is 0 Å². The zero-order valence-electron chi connectivity index (χ0n) is 11.5. The summed E-state index contributed by atoms with van der Waals surface area (Å²) in [4.78, 5) is 16.1. The van der Waals surface area contributed by atoms with Crippen molar-refractivity contribution >= 4 is 39.9 Å². The fourth-order valence-electron chi connectivity index (χ4n) is 1.93. The molecule has 1 heterocycles. The highest BCUT2D eigenvalue weighted by molar-refractivity contribution is 6.39. The van der Waals surface area contributed by atoms with Gasteiger partial charge in [0.05, 0.1) is 10.0 Å². The van der Waals surface area contributed by atoms with Gasteiger partial charge in [-0.3, -0.25) is 4.79 Å². The number of hydrogen-bond acceptors (Lipinski definition) is 3. The number of aromatic nitrogens is 1. The molecule has 1 aromatic carbocycles. The van der Waals surface area contributed by atoms with Crippen LogP contribution in [0.15, 0.2) is 18.2 Å². The number of ketones is 1. The molecule has 1 aromatic heterocycles. The summed E-state index contributed by atoms with van der Waals surface area (Å²) in [5, 5.41) is 1.63. The van der Waals surface area contributed by atoms with Gasteiger partial charge >= 0.3 is 0 Å². The van der Waals surface area contributed by atoms with Crippen LogP contribution in [0.25, 0.3) is 10.9 Å². The quantitative estimate of drug-likeness (QED) is 0.828. The summed E-state index contributed by atoms with van der Waals surface area (Å²) >= 11 is 12.4. The molecule has 2 aromatic rings. The molecule has 0 fully saturated rings. The van der Waals surface area contributed by atoms with Crippen LogP contribution in [0.1, 0.15) is 26.0 Å². The zero-order valence-corrected chi connectivity index (χ0v) is 13.0. The van der Waals surface area contributed by atoms with Crippen LogP contribution in [0, 0.1) is 6.92 Å². The first kappa shape index (κ1) is 15.1. The molecule has 106 valence electrons. The molecule has 0 aliphatic carbocycles. The van der Waals surface area contributed by atoms with Crippen molar-refractivity contribution < 1.29 is 9.53 Å². The summed E-state index contributed by atoms with van der Waals surface area (Å²) in [6.07, 6.45) is -0.152. The van der Waals surface area contributed by atoms with Gasteiger partial charge in [0.1, 0.15) is 5.52 Å². The molecule has 2 rings (SSSR count). The van der Waals surface area contributed by atoms with Crippen molar-refractivity contribution in [2.45, 2.75) is 33.3 Å². The molecule has 1 unspecified atom stereocenters. The first-order valence-corrected chi connectivity index (χ1v) is 7.14. The minimum atomic E-state index is -0.566. The van der Waals surface area contributed by atoms with Gasteiger partial charge in [-0.05, 0) is 32.0 Å². The largest absolute Gasteiger partial charge is 0.479 e. The van der Waals surface area contributed by atoms with Crippen molar-refractivity contribution in [1.82, 2.24) is 4.98 Å². The van der Waals surface area contributed by atoms with Crippen LogP contribution in [0.5, 0.6) is 5.75 Å². The van der Waals surface area contributed by atoms with Crippen molar-refractivity contribution in [2.75, 3.05) is 0 Å². The minimum absolute atomic E-state index is 0.0109. The third-order valence-electron chi connectivity index (χ3n) is 3.07. The first-order valence-electron chi connectivity index (χ1n) is 6.38. The highest BCUT2D eigenvalue weighted by atomic mass is 35.5. The Bertz CT molecular complexity index is 670. The van der Waals surface area contributed by atoms with Crippen LogP contribution in [-0.4, -0.2) is 16.9 Å². The lowest BCUT2D eigenvalue weighted by Crippen LogP contribution is -2.23. The number of carbonyl (C=O) groups excluding carboxylic acids is 1. The number of hydrogen-bond donors (Lipinski definition) is 0. The summed E-state index contributed by atoms with van der Waals surface area (Å²) in [5.41, 5.74) is 1.41. The highest BCUT2D eigenvalue weighted by Gasteiger charge is 2.18. The van der Waals surface area contributed by atoms with Gasteiger partial charge in [0, 0.05) is 17.5 Å². The number of carbonyl (C=O) groups is 1. The molecule has 3 nitrogen and oxygen atoms in total. The fraction of sp³-hybridized carbons (Fsp3) is 0.333. The number of pyridine rings is 1. The smallest absolute Gasteiger partial charge is 0.172 e. The number of benzene rings is 1. The molecule has 5 heteroatoms. The van der Waals surface area contributed by atoms with Crippen molar-refractivity contribution in [2.24, 2.45) is 0 Å². The maximum Gasteiger partial charge on any atom is 0.172 e. The van der Waals surface area contributed by atoms with E-state index in [9.17, 15) is 4.79 Å². The Morgan fingerprint density at radius 1 is 1.35 bits per heavy atom. The van der Waals surface area contributed by atoms with E-state index in [-0.39, 0.29) is 5.78 Å². The lowest BCUT2D eigenvalue weighted by molar-refractivity contribution is -0.124. The van der Waals surface area contributed by atoms with Gasteiger partial charge in [-0.15, -0.1) is 0 Å². The van der Waals surface area contributed by atoms with E-state index in [0.717, 1.165) is 11.1 Å². The Kier molecular flexibility index (Phi) is 4.51. The Balaban J connectivity index is 2.57. The Hall–Kier alpha value is -1.32. The molecular weight excluding hydrogens is 297 g/mol. The van der Waals surface area contributed by atoms with Gasteiger partial charge in [0.25, 0.3) is 0 Å². The second kappa shape index (κ2) is 5.98. The third kappa shape index (κ3) is 2.89. The standard InChI is InChI=1S/C15H15Cl2NO2/c1-4-13(19)9(3)20-15-12(17)7-11(16)10-6-5-8(2)18-14(10)15/h5-7,9H,4H2,1-3H3. The predicted molar refractivity (Wildman–Crippen MR) is 81.9 cm³/mol. The number of rotatable bonds is 4. The average Bonchev–Trinajstić information content (AvgIpc) is 2.41. The number of ether oxygens (including phenoxy) is 1. The molecular formula is C15H15Cl2NO2. The molecule has 0 amide bonds. The maximum absolute atomic E-state index is 11.7. The van der Waals surface area contributed by atoms with Crippen LogP contribution >= 0.6 is 23.2 Å². The van der Waals surface area contributed by atoms with Gasteiger partial charge in [-0.25, -0.2) is 4.98 Å². The van der Waals surface area contributed by atoms with E-state index in [0.29, 0.717) is 27.7 Å². The van der Waals surface area contributed by atoms with Gasteiger partial charge in [-0.1, -0.05) is 30.1 Å². The van der Waals surface area contributed by atoms with Crippen LogP contribution in [-0.2, 0) is 4.79 Å². The van der Waals surface area contributed by atoms with Gasteiger partial charge in [0.2, 0.25) is 0 Å². The van der Waals surface area contributed by atoms with Gasteiger partial charge in [0.15, 0.2) is 17.6 Å². The van der Waals surface area contributed by atoms with Crippen LogP contribution in [0.3, 0.4) is 0 Å². The summed E-state index contributed by atoms with van der Waals surface area (Å²) in [5.74, 6) is 0.417. The SMILES string of the molecule is CCC(=O)C(C)Oc1c(Cl)cc(Cl)c2ccc(C)nc12. The Labute approximate surface area is 127 Å². The zero-order chi connectivity index (χ0) is 14.9. The topological polar surface area (TPSA) is 39.2 Å². The van der Waals surface area contributed by atoms with E-state index in [4.69, 9.17) is 27.9 Å². The lowest BCUT2D eigenvalue weighted by atomic mass is 10.1. The van der Waals surface area contributed by atoms with E-state index in [2.05, 4.69) is 4.98 Å². The number of aryl methyl sites for hydroxylation is 1. The second-order valence-corrected chi connectivity index (χ2v) is 5.41. The molecule has 1 atom stereocenters. The first-order chi connectivity index (χ1) is 9.43. The summed E-state index contributed by atoms with van der Waals surface area (Å²) in [6.45, 7) is 5.38. The monoisotopic (exact) mass is 311 g/mol. The molecule has 0 aliphatic heterocycles. The summed E-state index contributed by atoms with van der Waals surface area (Å²) in [6, 6.07) is 5.35. The molecule has 0 spiro atoms. The van der Waals surface area contributed by atoms with Crippen LogP contribution < -0.4 is 4.74 Å². The number of Topliss-reactive ketones (excluding diaryl/α,β-unsaturated/α-hetero) is 1. The van der Waals surface area contributed by atoms with Crippen molar-refractivity contribution in [1.29, 1.82) is 0 Å². The average molecular weight is 312 g/mol. The van der Waals surface area contributed by atoms with Crippen molar-refractivity contribution in [3.05, 3.63) is 33.9 Å². The molecule has 0 radical (unpaired) electrons. The molecule has 0 saturated carbocycles.